The van der Waals surface area contributed by atoms with Crippen LogP contribution in [-0.2, 0) is 11.3 Å². The second-order valence-corrected chi connectivity index (χ2v) is 5.91. The van der Waals surface area contributed by atoms with Gasteiger partial charge in [-0.25, -0.2) is 0 Å². The minimum absolute atomic E-state index is 0.0994. The molecule has 0 aromatic carbocycles. The van der Waals surface area contributed by atoms with E-state index in [1.54, 1.807) is 0 Å². The van der Waals surface area contributed by atoms with Crippen LogP contribution < -0.4 is 10.6 Å². The molecule has 118 valence electrons. The van der Waals surface area contributed by atoms with E-state index in [1.165, 1.54) is 6.42 Å². The molecular weight excluding hydrogens is 266 g/mol. The van der Waals surface area contributed by atoms with E-state index in [2.05, 4.69) is 29.6 Å². The van der Waals surface area contributed by atoms with Gasteiger partial charge in [-0.05, 0) is 44.7 Å². The fourth-order valence-corrected chi connectivity index (χ4v) is 2.88. The average Bonchev–Trinajstić information content (AvgIpc) is 3.16. The van der Waals surface area contributed by atoms with Crippen LogP contribution in [0, 0.1) is 5.92 Å². The first-order valence-corrected chi connectivity index (χ1v) is 8.15. The first kappa shape index (κ1) is 16.0. The Labute approximate surface area is 126 Å². The van der Waals surface area contributed by atoms with E-state index in [1.807, 2.05) is 6.07 Å². The summed E-state index contributed by atoms with van der Waals surface area (Å²) in [6.07, 6.45) is 4.87. The number of aromatic nitrogens is 1. The van der Waals surface area contributed by atoms with Crippen molar-refractivity contribution in [3.8, 4) is 0 Å². The highest BCUT2D eigenvalue weighted by Gasteiger charge is 2.16. The molecule has 0 aliphatic carbocycles. The molecule has 1 aliphatic rings. The lowest BCUT2D eigenvalue weighted by Gasteiger charge is -2.07. The van der Waals surface area contributed by atoms with Crippen LogP contribution in [-0.4, -0.2) is 24.2 Å². The van der Waals surface area contributed by atoms with Crippen molar-refractivity contribution in [2.45, 2.75) is 58.4 Å². The summed E-state index contributed by atoms with van der Waals surface area (Å²) in [4.78, 5) is 11.8. The van der Waals surface area contributed by atoms with Gasteiger partial charge >= 0.3 is 0 Å². The number of nitrogens with one attached hydrogen (secondary N) is 2. The molecule has 0 bridgehead atoms. The molecule has 2 heterocycles. The minimum Gasteiger partial charge on any atom is -0.359 e. The van der Waals surface area contributed by atoms with Gasteiger partial charge in [0.1, 0.15) is 0 Å². The van der Waals surface area contributed by atoms with E-state index >= 15 is 0 Å². The molecule has 2 rings (SSSR count). The summed E-state index contributed by atoms with van der Waals surface area (Å²) < 4.78 is 5.30. The van der Waals surface area contributed by atoms with Gasteiger partial charge < -0.3 is 15.2 Å². The van der Waals surface area contributed by atoms with Crippen LogP contribution >= 0.6 is 0 Å². The van der Waals surface area contributed by atoms with Gasteiger partial charge in [0.2, 0.25) is 5.91 Å². The maximum absolute atomic E-state index is 11.8. The van der Waals surface area contributed by atoms with Crippen molar-refractivity contribution in [1.29, 1.82) is 0 Å². The van der Waals surface area contributed by atoms with Crippen LogP contribution in [0.5, 0.6) is 0 Å². The quantitative estimate of drug-likeness (QED) is 0.773. The number of hydrogen-bond donors (Lipinski definition) is 2. The van der Waals surface area contributed by atoms with Gasteiger partial charge in [-0.2, -0.15) is 0 Å². The third-order valence-electron chi connectivity index (χ3n) is 4.38. The summed E-state index contributed by atoms with van der Waals surface area (Å²) in [7, 11) is 0. The molecule has 1 saturated heterocycles. The topological polar surface area (TPSA) is 67.2 Å². The van der Waals surface area contributed by atoms with Crippen LogP contribution in [0.25, 0.3) is 0 Å². The van der Waals surface area contributed by atoms with E-state index in [0.29, 0.717) is 24.8 Å². The summed E-state index contributed by atoms with van der Waals surface area (Å²) in [6.45, 7) is 6.89. The molecule has 1 aliphatic heterocycles. The lowest BCUT2D eigenvalue weighted by Crippen LogP contribution is -2.23. The molecule has 1 atom stereocenters. The molecule has 5 heteroatoms. The van der Waals surface area contributed by atoms with Crippen LogP contribution in [0.2, 0.25) is 0 Å². The molecule has 0 spiro atoms. The molecule has 1 unspecified atom stereocenters. The summed E-state index contributed by atoms with van der Waals surface area (Å²) in [5.74, 6) is 1.95. The summed E-state index contributed by atoms with van der Waals surface area (Å²) in [5, 5.41) is 10.4. The molecular formula is C16H27N3O2. The Morgan fingerprint density at radius 2 is 2.33 bits per heavy atom. The highest BCUT2D eigenvalue weighted by Crippen LogP contribution is 2.22. The van der Waals surface area contributed by atoms with Crippen molar-refractivity contribution in [2.75, 3.05) is 13.1 Å². The van der Waals surface area contributed by atoms with Gasteiger partial charge in [0.05, 0.1) is 12.2 Å². The van der Waals surface area contributed by atoms with Crippen LogP contribution in [0.3, 0.4) is 0 Å². The Morgan fingerprint density at radius 3 is 3.00 bits per heavy atom. The van der Waals surface area contributed by atoms with Crippen molar-refractivity contribution in [3.63, 3.8) is 0 Å². The molecule has 1 aromatic heterocycles. The van der Waals surface area contributed by atoms with E-state index in [9.17, 15) is 4.79 Å². The van der Waals surface area contributed by atoms with Crippen molar-refractivity contribution < 1.29 is 9.32 Å². The number of hydrogen-bond acceptors (Lipinski definition) is 4. The second kappa shape index (κ2) is 8.17. The predicted octanol–water partition coefficient (Wildman–Crippen LogP) is 2.58. The van der Waals surface area contributed by atoms with Gasteiger partial charge in [0.15, 0.2) is 5.76 Å². The Kier molecular flexibility index (Phi) is 6.23. The van der Waals surface area contributed by atoms with Crippen molar-refractivity contribution in [2.24, 2.45) is 5.92 Å². The fourth-order valence-electron chi connectivity index (χ4n) is 2.88. The third kappa shape index (κ3) is 4.84. The highest BCUT2D eigenvalue weighted by molar-refractivity contribution is 5.75. The Bertz CT molecular complexity index is 434. The van der Waals surface area contributed by atoms with Gasteiger partial charge in [-0.3, -0.25) is 4.79 Å². The molecule has 21 heavy (non-hydrogen) atoms. The number of nitrogens with zero attached hydrogens (tertiary/aromatic N) is 1. The molecule has 5 nitrogen and oxygen atoms in total. The number of amides is 1. The van der Waals surface area contributed by atoms with Crippen LogP contribution in [0.4, 0.5) is 0 Å². The first-order valence-electron chi connectivity index (χ1n) is 8.15. The number of carbonyl (C=O) groups is 1. The van der Waals surface area contributed by atoms with E-state index in [0.717, 1.165) is 43.8 Å². The molecule has 1 amide bonds. The largest absolute Gasteiger partial charge is 0.359 e. The smallest absolute Gasteiger partial charge is 0.220 e. The van der Waals surface area contributed by atoms with Crippen molar-refractivity contribution >= 4 is 5.91 Å². The highest BCUT2D eigenvalue weighted by atomic mass is 16.5. The lowest BCUT2D eigenvalue weighted by atomic mass is 9.99. The Hall–Kier alpha value is -1.36. The van der Waals surface area contributed by atoms with Gasteiger partial charge in [0, 0.05) is 18.4 Å². The zero-order valence-electron chi connectivity index (χ0n) is 13.2. The predicted molar refractivity (Wildman–Crippen MR) is 81.9 cm³/mol. The second-order valence-electron chi connectivity index (χ2n) is 5.91. The maximum atomic E-state index is 11.8. The number of carbonyl (C=O) groups excluding carboxylic acids is 1. The fraction of sp³-hybridized carbons (Fsp3) is 0.750. The zero-order chi connectivity index (χ0) is 15.1. The summed E-state index contributed by atoms with van der Waals surface area (Å²) in [6, 6.07) is 1.97. The number of rotatable bonds is 8. The normalized spacial score (nSPS) is 18.3. The van der Waals surface area contributed by atoms with E-state index in [4.69, 9.17) is 4.52 Å². The third-order valence-corrected chi connectivity index (χ3v) is 4.38. The van der Waals surface area contributed by atoms with Gasteiger partial charge in [-0.15, -0.1) is 0 Å². The first-order chi connectivity index (χ1) is 10.2. The van der Waals surface area contributed by atoms with Crippen LogP contribution in [0.1, 0.15) is 63.3 Å². The summed E-state index contributed by atoms with van der Waals surface area (Å²) in [5.41, 5.74) is 1.00. The standard InChI is InChI=1S/C16H27N3O2/c1-3-13(4-2)15-9-14(21-19-15)11-18-16(20)6-5-12-7-8-17-10-12/h9,12-13,17H,3-8,10-11H2,1-2H3,(H,18,20). The van der Waals surface area contributed by atoms with Gasteiger partial charge in [0.25, 0.3) is 0 Å². The Balaban J connectivity index is 1.70. The zero-order valence-corrected chi connectivity index (χ0v) is 13.2. The van der Waals surface area contributed by atoms with Gasteiger partial charge in [-0.1, -0.05) is 19.0 Å². The van der Waals surface area contributed by atoms with Crippen molar-refractivity contribution in [3.05, 3.63) is 17.5 Å². The molecule has 0 radical (unpaired) electrons. The SMILES string of the molecule is CCC(CC)c1cc(CNC(=O)CCC2CCNC2)on1. The molecule has 2 N–H and O–H groups in total. The lowest BCUT2D eigenvalue weighted by molar-refractivity contribution is -0.121. The van der Waals surface area contributed by atoms with Crippen molar-refractivity contribution in [1.82, 2.24) is 15.8 Å². The Morgan fingerprint density at radius 1 is 1.52 bits per heavy atom. The minimum atomic E-state index is 0.0994. The average molecular weight is 293 g/mol. The maximum Gasteiger partial charge on any atom is 0.220 e. The van der Waals surface area contributed by atoms with Crippen LogP contribution in [0.15, 0.2) is 10.6 Å². The van der Waals surface area contributed by atoms with E-state index < -0.39 is 0 Å². The monoisotopic (exact) mass is 293 g/mol. The van der Waals surface area contributed by atoms with E-state index in [-0.39, 0.29) is 5.91 Å². The molecule has 0 saturated carbocycles. The molecule has 1 fully saturated rings. The molecule has 1 aromatic rings. The summed E-state index contributed by atoms with van der Waals surface area (Å²) >= 11 is 0.